The largest absolute Gasteiger partial charge is 0.497 e. The SMILES string of the molecule is COc1ccc2nc(NC(=O)c3cc4c(C)nn(-c5ccc(Cl)cc5)c4s3)sc2c1. The maximum absolute atomic E-state index is 12.9. The van der Waals surface area contributed by atoms with Crippen LogP contribution in [0.5, 0.6) is 5.75 Å². The van der Waals surface area contributed by atoms with Gasteiger partial charge in [0.15, 0.2) is 5.13 Å². The number of ether oxygens (including phenoxy) is 1. The topological polar surface area (TPSA) is 69.0 Å². The highest BCUT2D eigenvalue weighted by molar-refractivity contribution is 7.23. The molecule has 0 spiro atoms. The second-order valence-corrected chi connectivity index (χ2v) is 9.11. The van der Waals surface area contributed by atoms with Crippen molar-refractivity contribution in [1.82, 2.24) is 14.8 Å². The molecule has 9 heteroatoms. The fraction of sp³-hybridized carbons (Fsp3) is 0.0952. The number of rotatable bonds is 4. The molecule has 3 aromatic heterocycles. The molecule has 0 saturated heterocycles. The van der Waals surface area contributed by atoms with Crippen LogP contribution in [0.25, 0.3) is 26.1 Å². The van der Waals surface area contributed by atoms with Gasteiger partial charge in [0.1, 0.15) is 10.6 Å². The zero-order valence-electron chi connectivity index (χ0n) is 16.0. The van der Waals surface area contributed by atoms with E-state index in [-0.39, 0.29) is 5.91 Å². The van der Waals surface area contributed by atoms with Gasteiger partial charge in [0.25, 0.3) is 5.91 Å². The van der Waals surface area contributed by atoms with E-state index < -0.39 is 0 Å². The van der Waals surface area contributed by atoms with Gasteiger partial charge in [-0.05, 0) is 55.5 Å². The number of carbonyl (C=O) groups excluding carboxylic acids is 1. The molecule has 0 unspecified atom stereocenters. The van der Waals surface area contributed by atoms with Crippen molar-refractivity contribution >= 4 is 65.7 Å². The van der Waals surface area contributed by atoms with Crippen LogP contribution in [0.4, 0.5) is 5.13 Å². The van der Waals surface area contributed by atoms with E-state index in [4.69, 9.17) is 16.3 Å². The van der Waals surface area contributed by atoms with Crippen LogP contribution in [0.2, 0.25) is 5.02 Å². The molecule has 1 N–H and O–H groups in total. The normalized spacial score (nSPS) is 11.3. The molecular formula is C21H15ClN4O2S2. The minimum Gasteiger partial charge on any atom is -0.497 e. The van der Waals surface area contributed by atoms with Gasteiger partial charge < -0.3 is 4.74 Å². The van der Waals surface area contributed by atoms with Crippen molar-refractivity contribution in [3.05, 3.63) is 64.1 Å². The third kappa shape index (κ3) is 3.32. The molecule has 30 heavy (non-hydrogen) atoms. The molecule has 0 atom stereocenters. The molecule has 6 nitrogen and oxygen atoms in total. The van der Waals surface area contributed by atoms with Gasteiger partial charge in [-0.3, -0.25) is 10.1 Å². The summed E-state index contributed by atoms with van der Waals surface area (Å²) >= 11 is 8.81. The number of hydrogen-bond donors (Lipinski definition) is 1. The standard InChI is InChI=1S/C21H15ClN4O2S2/c1-11-15-10-18(29-20(15)26(25-11)13-5-3-12(22)4-6-13)19(27)24-21-23-16-8-7-14(28-2)9-17(16)30-21/h3-10H,1-2H3,(H,23,24,27). The molecule has 2 aromatic carbocycles. The Bertz CT molecular complexity index is 1400. The monoisotopic (exact) mass is 454 g/mol. The first-order valence-electron chi connectivity index (χ1n) is 9.03. The fourth-order valence-corrected chi connectivity index (χ4v) is 5.25. The van der Waals surface area contributed by atoms with E-state index in [1.807, 2.05) is 60.1 Å². The number of thiazole rings is 1. The summed E-state index contributed by atoms with van der Waals surface area (Å²) in [5.41, 5.74) is 2.58. The lowest BCUT2D eigenvalue weighted by Gasteiger charge is -2.02. The Morgan fingerprint density at radius 3 is 2.70 bits per heavy atom. The number of hydrogen-bond acceptors (Lipinski definition) is 6. The molecule has 3 heterocycles. The number of nitrogens with zero attached hydrogens (tertiary/aromatic N) is 3. The van der Waals surface area contributed by atoms with E-state index in [0.29, 0.717) is 15.0 Å². The highest BCUT2D eigenvalue weighted by atomic mass is 35.5. The lowest BCUT2D eigenvalue weighted by molar-refractivity contribution is 0.103. The van der Waals surface area contributed by atoms with Gasteiger partial charge in [-0.15, -0.1) is 11.3 Å². The number of aryl methyl sites for hydroxylation is 1. The molecular weight excluding hydrogens is 440 g/mol. The van der Waals surface area contributed by atoms with Crippen LogP contribution in [-0.4, -0.2) is 27.8 Å². The van der Waals surface area contributed by atoms with Crippen LogP contribution in [0.15, 0.2) is 48.5 Å². The van der Waals surface area contributed by atoms with Crippen molar-refractivity contribution in [2.75, 3.05) is 12.4 Å². The smallest absolute Gasteiger partial charge is 0.267 e. The van der Waals surface area contributed by atoms with Crippen LogP contribution in [0.3, 0.4) is 0 Å². The maximum atomic E-state index is 12.9. The average Bonchev–Trinajstić information content (AvgIpc) is 3.42. The number of benzene rings is 2. The number of fused-ring (bicyclic) bond motifs is 2. The van der Waals surface area contributed by atoms with E-state index in [9.17, 15) is 4.79 Å². The maximum Gasteiger partial charge on any atom is 0.267 e. The first-order valence-corrected chi connectivity index (χ1v) is 11.0. The first kappa shape index (κ1) is 19.0. The highest BCUT2D eigenvalue weighted by Crippen LogP contribution is 2.33. The van der Waals surface area contributed by atoms with E-state index in [0.717, 1.165) is 37.6 Å². The van der Waals surface area contributed by atoms with E-state index in [1.165, 1.54) is 22.7 Å². The molecule has 0 aliphatic rings. The summed E-state index contributed by atoms with van der Waals surface area (Å²) in [6, 6.07) is 15.0. The molecule has 0 radical (unpaired) electrons. The van der Waals surface area contributed by atoms with Crippen molar-refractivity contribution in [1.29, 1.82) is 0 Å². The Morgan fingerprint density at radius 2 is 1.93 bits per heavy atom. The van der Waals surface area contributed by atoms with Gasteiger partial charge >= 0.3 is 0 Å². The number of nitrogens with one attached hydrogen (secondary N) is 1. The van der Waals surface area contributed by atoms with Gasteiger partial charge in [0.05, 0.1) is 33.6 Å². The van der Waals surface area contributed by atoms with Gasteiger partial charge in [0, 0.05) is 10.4 Å². The third-order valence-electron chi connectivity index (χ3n) is 4.66. The van der Waals surface area contributed by atoms with Crippen molar-refractivity contribution in [3.63, 3.8) is 0 Å². The summed E-state index contributed by atoms with van der Waals surface area (Å²) in [5, 5.41) is 9.69. The van der Waals surface area contributed by atoms with Crippen molar-refractivity contribution in [2.24, 2.45) is 0 Å². The van der Waals surface area contributed by atoms with Gasteiger partial charge in [0.2, 0.25) is 0 Å². The molecule has 5 aromatic rings. The lowest BCUT2D eigenvalue weighted by atomic mass is 10.3. The van der Waals surface area contributed by atoms with Gasteiger partial charge in [-0.2, -0.15) is 5.10 Å². The molecule has 0 bridgehead atoms. The summed E-state index contributed by atoms with van der Waals surface area (Å²) in [6.45, 7) is 1.93. The Labute approximate surface area is 184 Å². The van der Waals surface area contributed by atoms with Crippen molar-refractivity contribution in [2.45, 2.75) is 6.92 Å². The second kappa shape index (κ2) is 7.39. The van der Waals surface area contributed by atoms with Crippen LogP contribution >= 0.6 is 34.3 Å². The van der Waals surface area contributed by atoms with Crippen molar-refractivity contribution < 1.29 is 9.53 Å². The third-order valence-corrected chi connectivity index (χ3v) is 6.95. The predicted molar refractivity (Wildman–Crippen MR) is 123 cm³/mol. The Kier molecular flexibility index (Phi) is 4.69. The minimum absolute atomic E-state index is 0.190. The quantitative estimate of drug-likeness (QED) is 0.366. The average molecular weight is 455 g/mol. The number of thiophene rings is 1. The summed E-state index contributed by atoms with van der Waals surface area (Å²) in [6.07, 6.45) is 0. The molecule has 1 amide bonds. The summed E-state index contributed by atoms with van der Waals surface area (Å²) in [5.74, 6) is 0.569. The molecule has 0 aliphatic heterocycles. The van der Waals surface area contributed by atoms with Crippen LogP contribution in [0, 0.1) is 6.92 Å². The van der Waals surface area contributed by atoms with Crippen LogP contribution < -0.4 is 10.1 Å². The zero-order valence-corrected chi connectivity index (χ0v) is 18.4. The van der Waals surface area contributed by atoms with Crippen LogP contribution in [0.1, 0.15) is 15.4 Å². The number of methoxy groups -OCH3 is 1. The summed E-state index contributed by atoms with van der Waals surface area (Å²) in [7, 11) is 1.62. The Hall–Kier alpha value is -2.94. The molecule has 150 valence electrons. The summed E-state index contributed by atoms with van der Waals surface area (Å²) < 4.78 is 8.04. The van der Waals surface area contributed by atoms with E-state index in [2.05, 4.69) is 15.4 Å². The second-order valence-electron chi connectivity index (χ2n) is 6.61. The predicted octanol–water partition coefficient (Wildman–Crippen LogP) is 5.92. The fourth-order valence-electron chi connectivity index (χ4n) is 3.16. The number of halogens is 1. The number of amides is 1. The molecule has 5 rings (SSSR count). The van der Waals surface area contributed by atoms with Crippen LogP contribution in [-0.2, 0) is 0 Å². The zero-order chi connectivity index (χ0) is 20.8. The number of aromatic nitrogens is 3. The minimum atomic E-state index is -0.190. The molecule has 0 aliphatic carbocycles. The van der Waals surface area contributed by atoms with Gasteiger partial charge in [-0.25, -0.2) is 9.67 Å². The Balaban J connectivity index is 1.46. The van der Waals surface area contributed by atoms with E-state index in [1.54, 1.807) is 7.11 Å². The highest BCUT2D eigenvalue weighted by Gasteiger charge is 2.18. The molecule has 0 fully saturated rings. The number of anilines is 1. The first-order chi connectivity index (χ1) is 14.5. The molecule has 0 saturated carbocycles. The summed E-state index contributed by atoms with van der Waals surface area (Å²) in [4.78, 5) is 18.9. The van der Waals surface area contributed by atoms with E-state index >= 15 is 0 Å². The Morgan fingerprint density at radius 1 is 1.13 bits per heavy atom. The number of carbonyl (C=O) groups is 1. The lowest BCUT2D eigenvalue weighted by Crippen LogP contribution is -2.09. The van der Waals surface area contributed by atoms with Crippen molar-refractivity contribution in [3.8, 4) is 11.4 Å². The van der Waals surface area contributed by atoms with Gasteiger partial charge in [-0.1, -0.05) is 22.9 Å².